The van der Waals surface area contributed by atoms with Crippen molar-refractivity contribution in [3.63, 3.8) is 0 Å². The van der Waals surface area contributed by atoms with Crippen molar-refractivity contribution in [3.05, 3.63) is 0 Å². The monoisotopic (exact) mass is 486 g/mol. The van der Waals surface area contributed by atoms with Crippen molar-refractivity contribution < 1.29 is 34.4 Å². The summed E-state index contributed by atoms with van der Waals surface area (Å²) in [7, 11) is -5.35. The summed E-state index contributed by atoms with van der Waals surface area (Å²) >= 11 is -3.84. The van der Waals surface area contributed by atoms with E-state index in [4.69, 9.17) is 9.11 Å². The summed E-state index contributed by atoms with van der Waals surface area (Å²) in [6.45, 7) is 0. The van der Waals surface area contributed by atoms with Crippen LogP contribution in [0.15, 0.2) is 0 Å². The molecule has 0 saturated carbocycles. The SMILES string of the molecule is O=S(O)CCCCS(=O)(=O)SCCSS(=O)(=O)CCCCS(=O)O.[NaH]. The molecule has 25 heavy (non-hydrogen) atoms. The molecule has 0 aromatic carbocycles. The number of hydrogen-bond donors (Lipinski definition) is 2. The summed E-state index contributed by atoms with van der Waals surface area (Å²) in [4.78, 5) is 0. The fraction of sp³-hybridized carbons (Fsp3) is 1.00. The van der Waals surface area contributed by atoms with Gasteiger partial charge >= 0.3 is 29.6 Å². The Bertz CT molecular complexity index is 551. The van der Waals surface area contributed by atoms with E-state index in [1.807, 2.05) is 0 Å². The molecule has 0 spiro atoms. The van der Waals surface area contributed by atoms with Crippen LogP contribution in [0.3, 0.4) is 0 Å². The van der Waals surface area contributed by atoms with E-state index in [9.17, 15) is 25.3 Å². The van der Waals surface area contributed by atoms with Crippen LogP contribution in [-0.4, -0.2) is 98.4 Å². The molecule has 0 aliphatic rings. The van der Waals surface area contributed by atoms with Gasteiger partial charge in [-0.1, -0.05) is 0 Å². The van der Waals surface area contributed by atoms with Crippen LogP contribution >= 0.6 is 21.6 Å². The van der Waals surface area contributed by atoms with Crippen LogP contribution in [0.1, 0.15) is 25.7 Å². The first-order valence-corrected chi connectivity index (χ1v) is 15.8. The maximum absolute atomic E-state index is 11.7. The Morgan fingerprint density at radius 1 is 0.680 bits per heavy atom. The molecule has 2 unspecified atom stereocenters. The first-order chi connectivity index (χ1) is 11.0. The van der Waals surface area contributed by atoms with E-state index in [0.29, 0.717) is 47.3 Å². The first-order valence-electron chi connectivity index (χ1n) is 6.93. The molecule has 8 nitrogen and oxygen atoms in total. The predicted molar refractivity (Wildman–Crippen MR) is 109 cm³/mol. The van der Waals surface area contributed by atoms with Gasteiger partial charge in [0, 0.05) is 23.0 Å². The minimum absolute atomic E-state index is 0. The van der Waals surface area contributed by atoms with Gasteiger partial charge in [-0.15, -0.1) is 0 Å². The molecule has 0 aromatic heterocycles. The quantitative estimate of drug-likeness (QED) is 0.145. The van der Waals surface area contributed by atoms with Gasteiger partial charge in [-0.3, -0.25) is 0 Å². The van der Waals surface area contributed by atoms with Crippen molar-refractivity contribution in [1.29, 1.82) is 0 Å². The molecule has 0 aliphatic heterocycles. The van der Waals surface area contributed by atoms with Gasteiger partial charge in [-0.05, 0) is 47.3 Å². The van der Waals surface area contributed by atoms with E-state index in [2.05, 4.69) is 0 Å². The second-order valence-corrected chi connectivity index (χ2v) is 15.5. The normalized spacial score (nSPS) is 14.6. The van der Waals surface area contributed by atoms with Crippen LogP contribution in [0, 0.1) is 0 Å². The van der Waals surface area contributed by atoms with Crippen LogP contribution in [0.2, 0.25) is 0 Å². The zero-order chi connectivity index (χ0) is 18.6. The molecule has 0 saturated heterocycles. The van der Waals surface area contributed by atoms with Crippen molar-refractivity contribution >= 4 is 91.0 Å². The van der Waals surface area contributed by atoms with Gasteiger partial charge < -0.3 is 9.11 Å². The third-order valence-electron chi connectivity index (χ3n) is 2.54. The zero-order valence-corrected chi connectivity index (χ0v) is 17.8. The fourth-order valence-electron chi connectivity index (χ4n) is 1.45. The fourth-order valence-corrected chi connectivity index (χ4v) is 8.92. The Hall–Kier alpha value is 1.82. The summed E-state index contributed by atoms with van der Waals surface area (Å²) < 4.78 is 84.7. The number of unbranched alkanes of at least 4 members (excludes halogenated alkanes) is 2. The molecule has 0 bridgehead atoms. The predicted octanol–water partition coefficient (Wildman–Crippen LogP) is 0.468. The van der Waals surface area contributed by atoms with Crippen LogP contribution in [0.25, 0.3) is 0 Å². The van der Waals surface area contributed by atoms with Crippen LogP contribution in [-0.2, 0) is 39.9 Å². The summed E-state index contributed by atoms with van der Waals surface area (Å²) in [5.74, 6) is 0.142. The van der Waals surface area contributed by atoms with Crippen molar-refractivity contribution in [1.82, 2.24) is 0 Å². The second-order valence-electron chi connectivity index (χ2n) is 4.63. The zero-order valence-electron chi connectivity index (χ0n) is 12.9. The molecule has 2 atom stereocenters. The molecule has 2 N–H and O–H groups in total. The van der Waals surface area contributed by atoms with E-state index < -0.39 is 39.9 Å². The Morgan fingerprint density at radius 3 is 1.28 bits per heavy atom. The molecule has 148 valence electrons. The Kier molecular flexibility index (Phi) is 18.2. The second kappa shape index (κ2) is 15.7. The summed E-state index contributed by atoms with van der Waals surface area (Å²) in [5.41, 5.74) is 0. The van der Waals surface area contributed by atoms with E-state index in [1.165, 1.54) is 0 Å². The van der Waals surface area contributed by atoms with Crippen molar-refractivity contribution in [2.45, 2.75) is 25.7 Å². The Labute approximate surface area is 183 Å². The molecule has 0 aliphatic carbocycles. The van der Waals surface area contributed by atoms with E-state index in [1.54, 1.807) is 0 Å². The number of hydrogen-bond acceptors (Lipinski definition) is 8. The summed E-state index contributed by atoms with van der Waals surface area (Å²) in [6, 6.07) is 0. The average molecular weight is 487 g/mol. The average Bonchev–Trinajstić information content (AvgIpc) is 2.44. The molecular weight excluding hydrogens is 463 g/mol. The van der Waals surface area contributed by atoms with Gasteiger partial charge in [0.2, 0.25) is 17.7 Å². The van der Waals surface area contributed by atoms with Gasteiger partial charge in [-0.25, -0.2) is 25.3 Å². The number of rotatable bonds is 15. The molecule has 0 rings (SSSR count). The molecule has 0 amide bonds. The summed E-state index contributed by atoms with van der Waals surface area (Å²) in [6.07, 6.45) is 1.26. The van der Waals surface area contributed by atoms with Crippen LogP contribution in [0.5, 0.6) is 0 Å². The van der Waals surface area contributed by atoms with Crippen molar-refractivity contribution in [2.75, 3.05) is 34.5 Å². The van der Waals surface area contributed by atoms with Crippen molar-refractivity contribution in [3.8, 4) is 0 Å². The third-order valence-corrected chi connectivity index (χ3v) is 11.3. The van der Waals surface area contributed by atoms with Crippen LogP contribution in [0.4, 0.5) is 0 Å². The molecular formula is C10H23NaO8S6. The Morgan fingerprint density at radius 2 is 1.00 bits per heavy atom. The van der Waals surface area contributed by atoms with E-state index in [-0.39, 0.29) is 64.1 Å². The van der Waals surface area contributed by atoms with E-state index in [0.717, 1.165) is 0 Å². The topological polar surface area (TPSA) is 143 Å². The Balaban J connectivity index is 0. The van der Waals surface area contributed by atoms with Gasteiger partial charge in [0.05, 0.1) is 11.5 Å². The van der Waals surface area contributed by atoms with Crippen LogP contribution < -0.4 is 0 Å². The maximum atomic E-state index is 11.7. The minimum atomic E-state index is -3.36. The third kappa shape index (κ3) is 20.4. The molecule has 0 heterocycles. The summed E-state index contributed by atoms with van der Waals surface area (Å²) in [5, 5.41) is 0. The first kappa shape index (κ1) is 29.0. The standard InChI is InChI=1S/C10H22O8S6.Na.H/c11-21(12)7-1-3-9-23(15,16)19-5-6-20-24(17,18)10-4-2-8-22(13)14;;/h1-10H2,(H,11,12)(H,13,14);;. The van der Waals surface area contributed by atoms with Gasteiger partial charge in [0.1, 0.15) is 0 Å². The van der Waals surface area contributed by atoms with Gasteiger partial charge in [0.25, 0.3) is 0 Å². The molecule has 0 fully saturated rings. The molecule has 15 heteroatoms. The van der Waals surface area contributed by atoms with E-state index >= 15 is 0 Å². The van der Waals surface area contributed by atoms with Gasteiger partial charge in [-0.2, -0.15) is 0 Å². The van der Waals surface area contributed by atoms with Crippen molar-refractivity contribution in [2.24, 2.45) is 0 Å². The molecule has 0 radical (unpaired) electrons. The van der Waals surface area contributed by atoms with Gasteiger partial charge in [0.15, 0.2) is 22.2 Å². The molecule has 0 aromatic rings.